The Kier molecular flexibility index (Phi) is 7.03. The summed E-state index contributed by atoms with van der Waals surface area (Å²) in [4.78, 5) is 23.4. The predicted octanol–water partition coefficient (Wildman–Crippen LogP) is -0.421. The molecule has 5 atom stereocenters. The number of aliphatic hydroxyl groups excluding tert-OH is 2. The number of carboxylic acids is 1. The number of nitrogens with two attached hydrogens (primary N) is 1. The van der Waals surface area contributed by atoms with Gasteiger partial charge in [-0.3, -0.25) is 9.36 Å². The average Bonchev–Trinajstić information content (AvgIpc) is 3.25. The normalized spacial score (nSPS) is 25.2. The number of fused-ring (bicyclic) bond motifs is 1. The largest absolute Gasteiger partial charge is 0.480 e. The molecular weight excluding hydrogens is 400 g/mol. The lowest BCUT2D eigenvalue weighted by Gasteiger charge is -2.16. The van der Waals surface area contributed by atoms with Gasteiger partial charge >= 0.3 is 5.97 Å². The number of nitrogens with zero attached hydrogens (tertiary/aromatic N) is 4. The summed E-state index contributed by atoms with van der Waals surface area (Å²) in [6, 6.07) is -0.920. The van der Waals surface area contributed by atoms with Gasteiger partial charge in [0.2, 0.25) is 0 Å². The number of aromatic nitrogens is 4. The second-order valence-electron chi connectivity index (χ2n) is 6.57. The first kappa shape index (κ1) is 21.5. The number of rotatable bonds is 10. The summed E-state index contributed by atoms with van der Waals surface area (Å²) in [5.41, 5.74) is 6.45. The molecule has 1 aliphatic rings. The molecule has 1 fully saturated rings. The molecule has 0 spiro atoms. The van der Waals surface area contributed by atoms with Gasteiger partial charge < -0.3 is 31.1 Å². The van der Waals surface area contributed by atoms with Crippen molar-refractivity contribution >= 4 is 34.7 Å². The molecule has 12 heteroatoms. The van der Waals surface area contributed by atoms with Crippen molar-refractivity contribution in [3.63, 3.8) is 0 Å². The Morgan fingerprint density at radius 2 is 2.21 bits per heavy atom. The highest BCUT2D eigenvalue weighted by Crippen LogP contribution is 2.33. The van der Waals surface area contributed by atoms with Crippen LogP contribution in [0.4, 0.5) is 5.82 Å². The molecule has 0 radical (unpaired) electrons. The number of nitrogens with one attached hydrogen (secondary N) is 1. The van der Waals surface area contributed by atoms with Gasteiger partial charge in [0.15, 0.2) is 23.2 Å². The number of aliphatic hydroxyl groups is 2. The maximum absolute atomic E-state index is 10.7. The third-order valence-electron chi connectivity index (χ3n) is 4.56. The van der Waals surface area contributed by atoms with Crippen LogP contribution in [0.1, 0.15) is 12.6 Å². The van der Waals surface area contributed by atoms with E-state index in [1.807, 2.05) is 0 Å². The Bertz CT molecular complexity index is 864. The van der Waals surface area contributed by atoms with Crippen LogP contribution in [0.15, 0.2) is 25.3 Å². The van der Waals surface area contributed by atoms with Gasteiger partial charge in [0, 0.05) is 12.3 Å². The topological polar surface area (TPSA) is 169 Å². The van der Waals surface area contributed by atoms with Gasteiger partial charge in [0.05, 0.1) is 12.4 Å². The first-order valence-electron chi connectivity index (χ1n) is 9.04. The highest BCUT2D eigenvalue weighted by atomic mass is 32.2. The molecule has 3 heterocycles. The van der Waals surface area contributed by atoms with E-state index in [9.17, 15) is 15.0 Å². The lowest BCUT2D eigenvalue weighted by Crippen LogP contribution is -2.33. The molecular formula is C17H24N6O5S. The average molecular weight is 424 g/mol. The van der Waals surface area contributed by atoms with Crippen molar-refractivity contribution < 1.29 is 24.9 Å². The summed E-state index contributed by atoms with van der Waals surface area (Å²) in [6.45, 7) is 4.15. The third-order valence-corrected chi connectivity index (χ3v) is 5.65. The Morgan fingerprint density at radius 3 is 2.93 bits per heavy atom. The SMILES string of the molecule is C=CCNc1ncnc2c1ncn2[C@@H]1O[C@H](CSCC[C@H](N)C(=O)O)[C@@H](O)[C@H]1O. The van der Waals surface area contributed by atoms with Gasteiger partial charge in [0.25, 0.3) is 0 Å². The van der Waals surface area contributed by atoms with Gasteiger partial charge in [0.1, 0.15) is 24.6 Å². The van der Waals surface area contributed by atoms with Crippen molar-refractivity contribution in [3.05, 3.63) is 25.3 Å². The predicted molar refractivity (Wildman–Crippen MR) is 107 cm³/mol. The number of anilines is 1. The molecule has 1 aliphatic heterocycles. The number of hydrogen-bond donors (Lipinski definition) is 5. The molecule has 0 aromatic carbocycles. The number of imidazole rings is 1. The monoisotopic (exact) mass is 424 g/mol. The second-order valence-corrected chi connectivity index (χ2v) is 7.72. The Hall–Kier alpha value is -2.25. The Balaban J connectivity index is 1.67. The summed E-state index contributed by atoms with van der Waals surface area (Å²) in [6.07, 6.45) is 1.11. The fourth-order valence-corrected chi connectivity index (χ4v) is 4.06. The minimum atomic E-state index is -1.17. The molecule has 29 heavy (non-hydrogen) atoms. The molecule has 1 saturated heterocycles. The van der Waals surface area contributed by atoms with E-state index in [1.54, 1.807) is 10.6 Å². The zero-order chi connectivity index (χ0) is 21.0. The summed E-state index contributed by atoms with van der Waals surface area (Å²) >= 11 is 1.41. The minimum Gasteiger partial charge on any atom is -0.480 e. The molecule has 6 N–H and O–H groups in total. The fourth-order valence-electron chi connectivity index (χ4n) is 2.97. The van der Waals surface area contributed by atoms with Gasteiger partial charge in [-0.1, -0.05) is 6.08 Å². The molecule has 0 aliphatic carbocycles. The van der Waals surface area contributed by atoms with Crippen LogP contribution < -0.4 is 11.1 Å². The first-order chi connectivity index (χ1) is 13.9. The van der Waals surface area contributed by atoms with Crippen LogP contribution >= 0.6 is 11.8 Å². The fraction of sp³-hybridized carbons (Fsp3) is 0.529. The number of thioether (sulfide) groups is 1. The van der Waals surface area contributed by atoms with Crippen LogP contribution in [0.3, 0.4) is 0 Å². The van der Waals surface area contributed by atoms with Gasteiger partial charge in [-0.25, -0.2) is 15.0 Å². The van der Waals surface area contributed by atoms with Crippen molar-refractivity contribution in [2.24, 2.45) is 5.73 Å². The van der Waals surface area contributed by atoms with Gasteiger partial charge in [-0.05, 0) is 12.2 Å². The minimum absolute atomic E-state index is 0.304. The molecule has 0 unspecified atom stereocenters. The van der Waals surface area contributed by atoms with E-state index in [1.165, 1.54) is 24.4 Å². The maximum atomic E-state index is 10.7. The van der Waals surface area contributed by atoms with E-state index in [0.717, 1.165) is 0 Å². The number of ether oxygens (including phenoxy) is 1. The molecule has 0 saturated carbocycles. The number of carboxylic acid groups (broad SMARTS) is 1. The van der Waals surface area contributed by atoms with Crippen LogP contribution in [-0.4, -0.2) is 83.2 Å². The smallest absolute Gasteiger partial charge is 0.320 e. The van der Waals surface area contributed by atoms with E-state index in [0.29, 0.717) is 41.5 Å². The molecule has 0 bridgehead atoms. The summed E-state index contributed by atoms with van der Waals surface area (Å²) in [5.74, 6) is 0.368. The van der Waals surface area contributed by atoms with E-state index in [2.05, 4.69) is 26.8 Å². The molecule has 158 valence electrons. The first-order valence-corrected chi connectivity index (χ1v) is 10.2. The highest BCUT2D eigenvalue weighted by Gasteiger charge is 2.44. The van der Waals surface area contributed by atoms with Crippen LogP contribution in [0.5, 0.6) is 0 Å². The quantitative estimate of drug-likeness (QED) is 0.248. The van der Waals surface area contributed by atoms with E-state index in [4.69, 9.17) is 15.6 Å². The number of aliphatic carboxylic acids is 1. The maximum Gasteiger partial charge on any atom is 0.320 e. The van der Waals surface area contributed by atoms with Crippen molar-refractivity contribution in [2.45, 2.75) is 37.0 Å². The van der Waals surface area contributed by atoms with E-state index in [-0.39, 0.29) is 0 Å². The number of hydrogen-bond acceptors (Lipinski definition) is 10. The van der Waals surface area contributed by atoms with Crippen molar-refractivity contribution in [3.8, 4) is 0 Å². The van der Waals surface area contributed by atoms with Crippen LogP contribution in [0.2, 0.25) is 0 Å². The lowest BCUT2D eigenvalue weighted by atomic mass is 10.1. The molecule has 2 aromatic rings. The van der Waals surface area contributed by atoms with Gasteiger partial charge in [-0.15, -0.1) is 6.58 Å². The molecule has 2 aromatic heterocycles. The van der Waals surface area contributed by atoms with Crippen molar-refractivity contribution in [2.75, 3.05) is 23.4 Å². The standard InChI is InChI=1S/C17H24N6O5S/c1-2-4-19-14-11-15(21-7-20-14)23(8-22-11)16-13(25)12(24)10(28-16)6-29-5-3-9(18)17(26)27/h2,7-10,12-13,16,24-25H,1,3-6,18H2,(H,26,27)(H,19,20,21)/t9-,10+,12+,13+,16+/m0/s1. The summed E-state index contributed by atoms with van der Waals surface area (Å²) in [7, 11) is 0. The summed E-state index contributed by atoms with van der Waals surface area (Å²) < 4.78 is 7.44. The zero-order valence-electron chi connectivity index (χ0n) is 15.6. The third kappa shape index (κ3) is 4.67. The van der Waals surface area contributed by atoms with Crippen molar-refractivity contribution in [1.82, 2.24) is 19.5 Å². The van der Waals surface area contributed by atoms with Crippen LogP contribution in [-0.2, 0) is 9.53 Å². The molecule has 11 nitrogen and oxygen atoms in total. The highest BCUT2D eigenvalue weighted by molar-refractivity contribution is 7.99. The van der Waals surface area contributed by atoms with Crippen molar-refractivity contribution in [1.29, 1.82) is 0 Å². The summed E-state index contributed by atoms with van der Waals surface area (Å²) in [5, 5.41) is 32.7. The Morgan fingerprint density at radius 1 is 1.41 bits per heavy atom. The molecule has 0 amide bonds. The zero-order valence-corrected chi connectivity index (χ0v) is 16.4. The van der Waals surface area contributed by atoms with Gasteiger partial charge in [-0.2, -0.15) is 11.8 Å². The Labute approximate surface area is 171 Å². The van der Waals surface area contributed by atoms with E-state index < -0.39 is 36.6 Å². The second kappa shape index (κ2) is 9.50. The van der Waals surface area contributed by atoms with Crippen LogP contribution in [0, 0.1) is 0 Å². The lowest BCUT2D eigenvalue weighted by molar-refractivity contribution is -0.138. The number of carbonyl (C=O) groups is 1. The van der Waals surface area contributed by atoms with Crippen LogP contribution in [0.25, 0.3) is 11.2 Å². The molecule has 3 rings (SSSR count). The van der Waals surface area contributed by atoms with E-state index >= 15 is 0 Å².